The van der Waals surface area contributed by atoms with Gasteiger partial charge in [0.2, 0.25) is 5.91 Å². The van der Waals surface area contributed by atoms with E-state index in [1.807, 2.05) is 32.1 Å². The van der Waals surface area contributed by atoms with Crippen molar-refractivity contribution in [3.05, 3.63) is 77.4 Å². The Kier molecular flexibility index (Phi) is 8.98. The van der Waals surface area contributed by atoms with Crippen LogP contribution in [0.5, 0.6) is 11.5 Å². The van der Waals surface area contributed by atoms with E-state index in [0.717, 1.165) is 30.5 Å². The fourth-order valence-corrected chi connectivity index (χ4v) is 3.85. The Hall–Kier alpha value is -3.26. The largest absolute Gasteiger partial charge is 0.490 e. The van der Waals surface area contributed by atoms with E-state index < -0.39 is 17.8 Å². The molecule has 8 heteroatoms. The van der Waals surface area contributed by atoms with Crippen LogP contribution >= 0.6 is 0 Å². The van der Waals surface area contributed by atoms with Crippen molar-refractivity contribution in [3.8, 4) is 11.5 Å². The van der Waals surface area contributed by atoms with Gasteiger partial charge in [0.15, 0.2) is 11.5 Å². The minimum absolute atomic E-state index is 0.231. The minimum atomic E-state index is -4.40. The van der Waals surface area contributed by atoms with Gasteiger partial charge in [0, 0.05) is 18.3 Å². The van der Waals surface area contributed by atoms with Gasteiger partial charge in [-0.1, -0.05) is 30.4 Å². The average molecular weight is 489 g/mol. The predicted molar refractivity (Wildman–Crippen MR) is 131 cm³/mol. The number of anilines is 1. The summed E-state index contributed by atoms with van der Waals surface area (Å²) in [6.45, 7) is 4.83. The fourth-order valence-electron chi connectivity index (χ4n) is 3.85. The SMILES string of the molecule is CCOc1ccc(N(CCc2ccc(C(F)(F)F)cc2)C(=O)C(N)C2=CCCC=C2)cc1OCC. The quantitative estimate of drug-likeness (QED) is 0.467. The number of benzene rings is 2. The molecule has 1 aliphatic carbocycles. The van der Waals surface area contributed by atoms with Crippen LogP contribution in [-0.2, 0) is 17.4 Å². The minimum Gasteiger partial charge on any atom is -0.490 e. The van der Waals surface area contributed by atoms with Crippen molar-refractivity contribution in [1.29, 1.82) is 0 Å². The van der Waals surface area contributed by atoms with Crippen molar-refractivity contribution in [3.63, 3.8) is 0 Å². The Morgan fingerprint density at radius 1 is 1.03 bits per heavy atom. The molecule has 3 rings (SSSR count). The summed E-state index contributed by atoms with van der Waals surface area (Å²) in [7, 11) is 0. The first-order valence-electron chi connectivity index (χ1n) is 11.7. The maximum atomic E-state index is 13.5. The number of amides is 1. The number of halogens is 3. The highest BCUT2D eigenvalue weighted by atomic mass is 19.4. The van der Waals surface area contributed by atoms with Crippen LogP contribution < -0.4 is 20.1 Å². The molecule has 0 spiro atoms. The third kappa shape index (κ3) is 6.88. The highest BCUT2D eigenvalue weighted by Gasteiger charge is 2.30. The molecule has 1 atom stereocenters. The first-order valence-corrected chi connectivity index (χ1v) is 11.7. The van der Waals surface area contributed by atoms with Crippen molar-refractivity contribution in [1.82, 2.24) is 0 Å². The van der Waals surface area contributed by atoms with Crippen LogP contribution in [0.4, 0.5) is 18.9 Å². The molecule has 0 bridgehead atoms. The van der Waals surface area contributed by atoms with Gasteiger partial charge in [-0.3, -0.25) is 4.79 Å². The van der Waals surface area contributed by atoms with Crippen molar-refractivity contribution < 1.29 is 27.4 Å². The van der Waals surface area contributed by atoms with Gasteiger partial charge < -0.3 is 20.1 Å². The molecule has 1 amide bonds. The summed E-state index contributed by atoms with van der Waals surface area (Å²) < 4.78 is 50.1. The standard InChI is InChI=1S/C27H31F3N2O3/c1-3-34-23-15-14-22(18-24(23)35-4-2)32(26(33)25(31)20-8-6-5-7-9-20)17-16-19-10-12-21(13-11-19)27(28,29)30/h6,8-15,18,25H,3-5,7,16-17,31H2,1-2H3. The summed E-state index contributed by atoms with van der Waals surface area (Å²) in [6, 6.07) is 9.34. The number of carbonyl (C=O) groups excluding carboxylic acids is 1. The Morgan fingerprint density at radius 2 is 1.71 bits per heavy atom. The van der Waals surface area contributed by atoms with Gasteiger partial charge in [-0.2, -0.15) is 13.2 Å². The van der Waals surface area contributed by atoms with Crippen LogP contribution in [0.2, 0.25) is 0 Å². The maximum absolute atomic E-state index is 13.5. The molecular formula is C27H31F3N2O3. The number of hydrogen-bond donors (Lipinski definition) is 1. The summed E-state index contributed by atoms with van der Waals surface area (Å²) in [5.74, 6) is 0.765. The van der Waals surface area contributed by atoms with Gasteiger partial charge in [0.1, 0.15) is 6.04 Å². The van der Waals surface area contributed by atoms with Gasteiger partial charge in [-0.15, -0.1) is 0 Å². The Bertz CT molecular complexity index is 1060. The number of nitrogens with zero attached hydrogens (tertiary/aromatic N) is 1. The number of hydrogen-bond acceptors (Lipinski definition) is 4. The molecule has 35 heavy (non-hydrogen) atoms. The van der Waals surface area contributed by atoms with Crippen molar-refractivity contribution in [2.75, 3.05) is 24.7 Å². The average Bonchev–Trinajstić information content (AvgIpc) is 2.85. The second-order valence-electron chi connectivity index (χ2n) is 8.09. The number of rotatable bonds is 10. The second kappa shape index (κ2) is 11.9. The van der Waals surface area contributed by atoms with E-state index in [2.05, 4.69) is 0 Å². The van der Waals surface area contributed by atoms with Crippen LogP contribution in [0.25, 0.3) is 0 Å². The normalized spacial score (nSPS) is 14.3. The lowest BCUT2D eigenvalue weighted by Crippen LogP contribution is -2.45. The second-order valence-corrected chi connectivity index (χ2v) is 8.09. The van der Waals surface area contributed by atoms with Crippen LogP contribution in [0.1, 0.15) is 37.8 Å². The molecule has 2 aromatic rings. The van der Waals surface area contributed by atoms with E-state index in [4.69, 9.17) is 15.2 Å². The zero-order valence-electron chi connectivity index (χ0n) is 20.0. The van der Waals surface area contributed by atoms with E-state index in [9.17, 15) is 18.0 Å². The monoisotopic (exact) mass is 488 g/mol. The third-order valence-corrected chi connectivity index (χ3v) is 5.66. The molecule has 2 N–H and O–H groups in total. The molecule has 0 saturated carbocycles. The van der Waals surface area contributed by atoms with Gasteiger partial charge in [-0.25, -0.2) is 0 Å². The summed E-state index contributed by atoms with van der Waals surface area (Å²) in [5.41, 5.74) is 7.64. The zero-order chi connectivity index (χ0) is 25.4. The highest BCUT2D eigenvalue weighted by molar-refractivity contribution is 5.99. The van der Waals surface area contributed by atoms with Crippen molar-refractivity contribution in [2.45, 2.75) is 45.3 Å². The molecule has 0 aliphatic heterocycles. The molecule has 1 unspecified atom stereocenters. The van der Waals surface area contributed by atoms with Gasteiger partial charge in [0.05, 0.1) is 18.8 Å². The van der Waals surface area contributed by atoms with E-state index in [1.54, 1.807) is 23.1 Å². The van der Waals surface area contributed by atoms with Crippen molar-refractivity contribution >= 4 is 11.6 Å². The number of ether oxygens (including phenoxy) is 2. The summed E-state index contributed by atoms with van der Waals surface area (Å²) in [5, 5.41) is 0. The van der Waals surface area contributed by atoms with E-state index in [0.29, 0.717) is 42.4 Å². The summed E-state index contributed by atoms with van der Waals surface area (Å²) in [6.07, 6.45) is 3.48. The smallest absolute Gasteiger partial charge is 0.416 e. The first-order chi connectivity index (χ1) is 16.7. The molecule has 0 radical (unpaired) electrons. The third-order valence-electron chi connectivity index (χ3n) is 5.66. The zero-order valence-corrected chi connectivity index (χ0v) is 20.0. The summed E-state index contributed by atoms with van der Waals surface area (Å²) >= 11 is 0. The number of carbonyl (C=O) groups is 1. The molecule has 1 aliphatic rings. The van der Waals surface area contributed by atoms with Gasteiger partial charge in [0.25, 0.3) is 0 Å². The number of allylic oxidation sites excluding steroid dienone is 2. The molecule has 5 nitrogen and oxygen atoms in total. The molecular weight excluding hydrogens is 457 g/mol. The van der Waals surface area contributed by atoms with Crippen LogP contribution in [-0.4, -0.2) is 31.7 Å². The molecule has 0 fully saturated rings. The van der Waals surface area contributed by atoms with Gasteiger partial charge >= 0.3 is 6.18 Å². The Morgan fingerprint density at radius 3 is 2.31 bits per heavy atom. The number of alkyl halides is 3. The Balaban J connectivity index is 1.89. The molecule has 188 valence electrons. The van der Waals surface area contributed by atoms with Crippen molar-refractivity contribution in [2.24, 2.45) is 5.73 Å². The van der Waals surface area contributed by atoms with E-state index in [1.165, 1.54) is 12.1 Å². The van der Waals surface area contributed by atoms with Crippen LogP contribution in [0, 0.1) is 0 Å². The van der Waals surface area contributed by atoms with Crippen LogP contribution in [0.3, 0.4) is 0 Å². The fraction of sp³-hybridized carbons (Fsp3) is 0.370. The maximum Gasteiger partial charge on any atom is 0.416 e. The molecule has 0 aromatic heterocycles. The molecule has 0 heterocycles. The highest BCUT2D eigenvalue weighted by Crippen LogP contribution is 2.33. The lowest BCUT2D eigenvalue weighted by molar-refractivity contribution is -0.137. The lowest BCUT2D eigenvalue weighted by atomic mass is 9.99. The molecule has 2 aromatic carbocycles. The van der Waals surface area contributed by atoms with Gasteiger partial charge in [-0.05, 0) is 68.5 Å². The first kappa shape index (κ1) is 26.3. The summed E-state index contributed by atoms with van der Waals surface area (Å²) in [4.78, 5) is 15.1. The lowest BCUT2D eigenvalue weighted by Gasteiger charge is -2.28. The number of nitrogens with two attached hydrogens (primary N) is 1. The Labute approximate surface area is 204 Å². The van der Waals surface area contributed by atoms with E-state index in [-0.39, 0.29) is 12.5 Å². The van der Waals surface area contributed by atoms with E-state index >= 15 is 0 Å². The van der Waals surface area contributed by atoms with Crippen LogP contribution in [0.15, 0.2) is 66.3 Å². The topological polar surface area (TPSA) is 64.8 Å². The predicted octanol–water partition coefficient (Wildman–Crippen LogP) is 5.68. The molecule has 0 saturated heterocycles.